The molecule has 0 aromatic rings. The number of rotatable bonds is 28. The van der Waals surface area contributed by atoms with Crippen molar-refractivity contribution < 1.29 is 14.7 Å². The number of aldehydes is 1. The lowest BCUT2D eigenvalue weighted by Crippen LogP contribution is -2.21. The summed E-state index contributed by atoms with van der Waals surface area (Å²) in [5, 5.41) is 9.84. The summed E-state index contributed by atoms with van der Waals surface area (Å²) in [5.74, 6) is 2.90. The molecule has 2 rings (SSSR count). The standard InChI is InChI=1S/C18H36.C15H28BNO.C8H18.C4H9NO.CH4O/c1-3-5-7-11-17(12-8-6-4-2)13-9-14-18-15-10-16-18;1-13(18)15(2,3)9-6-4-5-7-10-17-11-8-14(16)12-17;1-3-5-7-8-6-4-2;1-5-3-2-4-6;1-2/h17-18H,3-16H2,1-2H3;14H,4-12H2,1-3H3;3-8H2,1-2H3;4-5H,2-3H2,1H3;2H,1H3. The zero-order valence-corrected chi connectivity index (χ0v) is 37.0. The number of ketones is 1. The highest BCUT2D eigenvalue weighted by atomic mass is 16.2. The maximum Gasteiger partial charge on any atom is 0.135 e. The predicted octanol–water partition coefficient (Wildman–Crippen LogP) is 12.7. The first kappa shape index (κ1) is 55.6. The van der Waals surface area contributed by atoms with Crippen molar-refractivity contribution in [2.75, 3.05) is 40.3 Å². The van der Waals surface area contributed by atoms with Crippen LogP contribution in [0.3, 0.4) is 0 Å². The molecule has 2 radical (unpaired) electrons. The van der Waals surface area contributed by atoms with Crippen LogP contribution < -0.4 is 5.32 Å². The summed E-state index contributed by atoms with van der Waals surface area (Å²) < 4.78 is 0. The van der Waals surface area contributed by atoms with Gasteiger partial charge in [-0.3, -0.25) is 4.79 Å². The average molecular weight is 735 g/mol. The van der Waals surface area contributed by atoms with Gasteiger partial charge in [-0.05, 0) is 64.7 Å². The second-order valence-corrected chi connectivity index (χ2v) is 16.5. The van der Waals surface area contributed by atoms with Crippen LogP contribution in [0.1, 0.15) is 222 Å². The first-order chi connectivity index (χ1) is 25.1. The number of unbranched alkanes of at least 4 members (excludes halogenated alkanes) is 12. The van der Waals surface area contributed by atoms with Crippen LogP contribution in [-0.2, 0) is 9.59 Å². The maximum absolute atomic E-state index is 11.4. The first-order valence-corrected chi connectivity index (χ1v) is 22.6. The van der Waals surface area contributed by atoms with E-state index in [0.717, 1.165) is 51.2 Å². The summed E-state index contributed by atoms with van der Waals surface area (Å²) in [6, 6.07) is 0. The molecule has 1 unspecified atom stereocenters. The summed E-state index contributed by atoms with van der Waals surface area (Å²) in [6.45, 7) is 19.2. The number of aliphatic hydroxyl groups excluding tert-OH is 1. The van der Waals surface area contributed by atoms with E-state index in [-0.39, 0.29) is 5.41 Å². The Morgan fingerprint density at radius 1 is 0.788 bits per heavy atom. The van der Waals surface area contributed by atoms with Crippen molar-refractivity contribution in [3.8, 4) is 0 Å². The molecule has 1 saturated carbocycles. The van der Waals surface area contributed by atoms with Gasteiger partial charge in [-0.15, -0.1) is 0 Å². The lowest BCUT2D eigenvalue weighted by atomic mass is 9.80. The van der Waals surface area contributed by atoms with Crippen molar-refractivity contribution in [1.82, 2.24) is 10.2 Å². The third-order valence-corrected chi connectivity index (χ3v) is 11.1. The van der Waals surface area contributed by atoms with Crippen LogP contribution in [0, 0.1) is 17.3 Å². The summed E-state index contributed by atoms with van der Waals surface area (Å²) >= 11 is 0. The molecule has 1 aliphatic carbocycles. The number of nitrogens with zero attached hydrogens (tertiary/aromatic N) is 1. The number of likely N-dealkylation sites (tertiary alicyclic amines) is 1. The molecule has 0 spiro atoms. The van der Waals surface area contributed by atoms with Crippen LogP contribution in [0.25, 0.3) is 0 Å². The minimum Gasteiger partial charge on any atom is -0.400 e. The Morgan fingerprint density at radius 3 is 1.69 bits per heavy atom. The van der Waals surface area contributed by atoms with Crippen molar-refractivity contribution in [3.05, 3.63) is 0 Å². The smallest absolute Gasteiger partial charge is 0.135 e. The minimum atomic E-state index is -0.123. The van der Waals surface area contributed by atoms with E-state index in [9.17, 15) is 9.59 Å². The second kappa shape index (κ2) is 43.0. The molecule has 1 atom stereocenters. The molecule has 0 amide bonds. The Kier molecular flexibility index (Phi) is 46.0. The zero-order chi connectivity index (χ0) is 39.7. The van der Waals surface area contributed by atoms with E-state index in [2.05, 4.69) is 51.8 Å². The van der Waals surface area contributed by atoms with Gasteiger partial charge < -0.3 is 20.1 Å². The van der Waals surface area contributed by atoms with E-state index < -0.39 is 0 Å². The van der Waals surface area contributed by atoms with Crippen molar-refractivity contribution in [1.29, 1.82) is 0 Å². The molecule has 1 heterocycles. The van der Waals surface area contributed by atoms with E-state index >= 15 is 0 Å². The van der Waals surface area contributed by atoms with Gasteiger partial charge in [0.1, 0.15) is 12.1 Å². The van der Waals surface area contributed by atoms with Gasteiger partial charge in [0.05, 0.1) is 7.85 Å². The third-order valence-electron chi connectivity index (χ3n) is 11.1. The van der Waals surface area contributed by atoms with Crippen LogP contribution >= 0.6 is 0 Å². The quantitative estimate of drug-likeness (QED) is 0.0476. The molecule has 0 bridgehead atoms. The Hall–Kier alpha value is -0.715. The molecule has 1 saturated heterocycles. The topological polar surface area (TPSA) is 69.6 Å². The molecule has 52 heavy (non-hydrogen) atoms. The molecule has 2 aliphatic rings. The van der Waals surface area contributed by atoms with Crippen molar-refractivity contribution in [3.63, 3.8) is 0 Å². The van der Waals surface area contributed by atoms with Gasteiger partial charge >= 0.3 is 0 Å². The van der Waals surface area contributed by atoms with Gasteiger partial charge in [0, 0.05) is 25.5 Å². The number of aliphatic hydroxyl groups is 1. The molecular formula is C46H95BN2O3. The molecule has 2 N–H and O–H groups in total. The highest BCUT2D eigenvalue weighted by Gasteiger charge is 2.22. The van der Waals surface area contributed by atoms with E-state index in [0.29, 0.717) is 18.0 Å². The lowest BCUT2D eigenvalue weighted by Gasteiger charge is -2.26. The van der Waals surface area contributed by atoms with E-state index in [1.54, 1.807) is 6.92 Å². The third kappa shape index (κ3) is 39.0. The maximum atomic E-state index is 11.4. The van der Waals surface area contributed by atoms with Crippen LogP contribution in [0.4, 0.5) is 0 Å². The number of Topliss-reactive ketones (excluding diaryl/α,β-unsaturated/α-hetero) is 1. The van der Waals surface area contributed by atoms with Crippen LogP contribution in [0.5, 0.6) is 0 Å². The van der Waals surface area contributed by atoms with Gasteiger partial charge in [0.2, 0.25) is 0 Å². The van der Waals surface area contributed by atoms with Gasteiger partial charge in [0.25, 0.3) is 0 Å². The first-order valence-electron chi connectivity index (χ1n) is 22.6. The van der Waals surface area contributed by atoms with Crippen LogP contribution in [0.15, 0.2) is 0 Å². The highest BCUT2D eigenvalue weighted by Crippen LogP contribution is 2.32. The van der Waals surface area contributed by atoms with Crippen molar-refractivity contribution in [2.45, 2.75) is 228 Å². The van der Waals surface area contributed by atoms with Crippen molar-refractivity contribution in [2.24, 2.45) is 17.3 Å². The molecule has 0 aromatic heterocycles. The second-order valence-electron chi connectivity index (χ2n) is 16.5. The molecular weight excluding hydrogens is 639 g/mol. The molecule has 2 fully saturated rings. The normalized spacial score (nSPS) is 15.6. The largest absolute Gasteiger partial charge is 0.400 e. The Bertz CT molecular complexity index is 700. The number of carbonyl (C=O) groups is 2. The molecule has 1 aliphatic heterocycles. The minimum absolute atomic E-state index is 0.123. The Balaban J connectivity index is -0.000000660. The average Bonchev–Trinajstić information content (AvgIpc) is 3.54. The fraction of sp³-hybridized carbons (Fsp3) is 0.957. The number of hydrogen-bond acceptors (Lipinski definition) is 5. The Labute approximate surface area is 329 Å². The fourth-order valence-electron chi connectivity index (χ4n) is 6.83. The SMILES string of the molecule is CCCCCC(CCCCC)CCCC1CCC1.CCCCCCCC.CNCCC=O.CO.[B]C1CCN(CCCCCCC(C)(C)C(C)=O)C1. The monoisotopic (exact) mass is 735 g/mol. The van der Waals surface area contributed by atoms with Crippen molar-refractivity contribution >= 4 is 19.9 Å². The van der Waals surface area contributed by atoms with E-state index in [4.69, 9.17) is 13.0 Å². The Morgan fingerprint density at radius 2 is 1.29 bits per heavy atom. The summed E-state index contributed by atoms with van der Waals surface area (Å²) in [6.07, 6.45) is 38.0. The van der Waals surface area contributed by atoms with Crippen LogP contribution in [-0.4, -0.2) is 70.3 Å². The predicted molar refractivity (Wildman–Crippen MR) is 233 cm³/mol. The molecule has 5 nitrogen and oxygen atoms in total. The highest BCUT2D eigenvalue weighted by molar-refractivity contribution is 6.11. The zero-order valence-electron chi connectivity index (χ0n) is 37.0. The lowest BCUT2D eigenvalue weighted by molar-refractivity contribution is -0.125. The van der Waals surface area contributed by atoms with Gasteiger partial charge in [-0.25, -0.2) is 0 Å². The number of hydrogen-bond donors (Lipinski definition) is 2. The molecule has 0 aromatic carbocycles. The summed E-state index contributed by atoms with van der Waals surface area (Å²) in [4.78, 5) is 23.4. The fourth-order valence-corrected chi connectivity index (χ4v) is 6.83. The van der Waals surface area contributed by atoms with E-state index in [1.165, 1.54) is 167 Å². The van der Waals surface area contributed by atoms with Crippen LogP contribution in [0.2, 0.25) is 5.82 Å². The van der Waals surface area contributed by atoms with Gasteiger partial charge in [-0.1, -0.05) is 195 Å². The number of nitrogens with one attached hydrogen (secondary N) is 1. The summed E-state index contributed by atoms with van der Waals surface area (Å²) in [7, 11) is 8.70. The van der Waals surface area contributed by atoms with Gasteiger partial charge in [-0.2, -0.15) is 0 Å². The number of carbonyl (C=O) groups excluding carboxylic acids is 2. The van der Waals surface area contributed by atoms with E-state index in [1.807, 2.05) is 7.05 Å². The van der Waals surface area contributed by atoms with Gasteiger partial charge in [0.15, 0.2) is 0 Å². The summed E-state index contributed by atoms with van der Waals surface area (Å²) in [5.41, 5.74) is -0.123. The molecule has 6 heteroatoms. The molecule has 310 valence electrons.